The fourth-order valence-corrected chi connectivity index (χ4v) is 2.01. The van der Waals surface area contributed by atoms with Crippen molar-refractivity contribution in [1.29, 1.82) is 0 Å². The van der Waals surface area contributed by atoms with E-state index < -0.39 is 0 Å². The zero-order valence-corrected chi connectivity index (χ0v) is 12.5. The molecule has 0 radical (unpaired) electrons. The Hall–Kier alpha value is -1.55. The normalized spacial score (nSPS) is 11.9. The maximum absolute atomic E-state index is 12.3. The molecule has 0 aliphatic carbocycles. The highest BCUT2D eigenvalue weighted by molar-refractivity contribution is 5.99. The van der Waals surface area contributed by atoms with Crippen LogP contribution >= 0.6 is 0 Å². The maximum Gasteiger partial charge on any atom is 0.253 e. The summed E-state index contributed by atoms with van der Waals surface area (Å²) in [4.78, 5) is 12.3. The number of aliphatic hydroxyl groups excluding tert-OH is 1. The topological polar surface area (TPSA) is 61.4 Å². The van der Waals surface area contributed by atoms with Gasteiger partial charge in [-0.15, -0.1) is 0 Å². The van der Waals surface area contributed by atoms with E-state index in [2.05, 4.69) is 17.6 Å². The predicted molar refractivity (Wildman–Crippen MR) is 83.1 cm³/mol. The summed E-state index contributed by atoms with van der Waals surface area (Å²) in [5.41, 5.74) is 1.56. The molecule has 1 aromatic rings. The summed E-state index contributed by atoms with van der Waals surface area (Å²) >= 11 is 0. The lowest BCUT2D eigenvalue weighted by molar-refractivity contribution is 0.0937. The van der Waals surface area contributed by atoms with Crippen molar-refractivity contribution in [3.63, 3.8) is 0 Å². The van der Waals surface area contributed by atoms with Gasteiger partial charge in [0.1, 0.15) is 0 Å². The lowest BCUT2D eigenvalue weighted by Gasteiger charge is -2.16. The minimum Gasteiger partial charge on any atom is -0.396 e. The van der Waals surface area contributed by atoms with E-state index in [1.807, 2.05) is 31.2 Å². The highest BCUT2D eigenvalue weighted by Crippen LogP contribution is 2.15. The highest BCUT2D eigenvalue weighted by atomic mass is 16.3. The van der Waals surface area contributed by atoms with Crippen molar-refractivity contribution in [2.24, 2.45) is 0 Å². The third-order valence-corrected chi connectivity index (χ3v) is 3.19. The van der Waals surface area contributed by atoms with Gasteiger partial charge in [-0.1, -0.05) is 25.5 Å². The molecule has 1 unspecified atom stereocenters. The smallest absolute Gasteiger partial charge is 0.253 e. The average molecular weight is 278 g/mol. The van der Waals surface area contributed by atoms with Crippen LogP contribution in [0.2, 0.25) is 0 Å². The summed E-state index contributed by atoms with van der Waals surface area (Å²) in [5.74, 6) is -0.0601. The van der Waals surface area contributed by atoms with Crippen molar-refractivity contribution < 1.29 is 9.90 Å². The van der Waals surface area contributed by atoms with Crippen LogP contribution in [-0.4, -0.2) is 30.2 Å². The second-order valence-electron chi connectivity index (χ2n) is 5.07. The quantitative estimate of drug-likeness (QED) is 0.609. The largest absolute Gasteiger partial charge is 0.396 e. The molecule has 112 valence electrons. The molecule has 0 fully saturated rings. The lowest BCUT2D eigenvalue weighted by atomic mass is 10.1. The SMILES string of the molecule is CCCCNc1ccccc1C(=O)NC(C)CCCO. The molecule has 4 heteroatoms. The fraction of sp³-hybridized carbons (Fsp3) is 0.562. The van der Waals surface area contributed by atoms with Crippen LogP contribution < -0.4 is 10.6 Å². The predicted octanol–water partition coefficient (Wildman–Crippen LogP) is 2.79. The summed E-state index contributed by atoms with van der Waals surface area (Å²) in [7, 11) is 0. The highest BCUT2D eigenvalue weighted by Gasteiger charge is 2.12. The molecule has 4 nitrogen and oxygen atoms in total. The number of rotatable bonds is 9. The first-order valence-electron chi connectivity index (χ1n) is 7.43. The standard InChI is InChI=1S/C16H26N2O2/c1-3-4-11-17-15-10-6-5-9-14(15)16(20)18-13(2)8-7-12-19/h5-6,9-10,13,17,19H,3-4,7-8,11-12H2,1-2H3,(H,18,20). The third-order valence-electron chi connectivity index (χ3n) is 3.19. The van der Waals surface area contributed by atoms with E-state index in [9.17, 15) is 4.79 Å². The molecular formula is C16H26N2O2. The molecular weight excluding hydrogens is 252 g/mol. The Balaban J connectivity index is 2.62. The molecule has 0 saturated heterocycles. The Morgan fingerprint density at radius 2 is 2.05 bits per heavy atom. The monoisotopic (exact) mass is 278 g/mol. The molecule has 3 N–H and O–H groups in total. The number of aliphatic hydroxyl groups is 1. The number of nitrogens with one attached hydrogen (secondary N) is 2. The van der Waals surface area contributed by atoms with Gasteiger partial charge in [0.15, 0.2) is 0 Å². The zero-order chi connectivity index (χ0) is 14.8. The van der Waals surface area contributed by atoms with Crippen LogP contribution in [0, 0.1) is 0 Å². The van der Waals surface area contributed by atoms with Crippen LogP contribution in [0.15, 0.2) is 24.3 Å². The Morgan fingerprint density at radius 1 is 1.30 bits per heavy atom. The van der Waals surface area contributed by atoms with E-state index in [1.165, 1.54) is 0 Å². The van der Waals surface area contributed by atoms with E-state index in [4.69, 9.17) is 5.11 Å². The van der Waals surface area contributed by atoms with Crippen LogP contribution in [-0.2, 0) is 0 Å². The summed E-state index contributed by atoms with van der Waals surface area (Å²) < 4.78 is 0. The van der Waals surface area contributed by atoms with Crippen molar-refractivity contribution in [2.75, 3.05) is 18.5 Å². The number of anilines is 1. The van der Waals surface area contributed by atoms with Crippen LogP contribution in [0.3, 0.4) is 0 Å². The second kappa shape index (κ2) is 9.37. The number of para-hydroxylation sites is 1. The van der Waals surface area contributed by atoms with Gasteiger partial charge in [-0.3, -0.25) is 4.79 Å². The minimum absolute atomic E-state index is 0.0601. The molecule has 1 atom stereocenters. The number of amides is 1. The van der Waals surface area contributed by atoms with Gasteiger partial charge in [0, 0.05) is 24.9 Å². The minimum atomic E-state index is -0.0601. The van der Waals surface area contributed by atoms with Gasteiger partial charge < -0.3 is 15.7 Å². The van der Waals surface area contributed by atoms with Crippen molar-refractivity contribution >= 4 is 11.6 Å². The number of carbonyl (C=O) groups excluding carboxylic acids is 1. The molecule has 1 aromatic carbocycles. The molecule has 0 spiro atoms. The summed E-state index contributed by atoms with van der Waals surface area (Å²) in [6, 6.07) is 7.64. The maximum atomic E-state index is 12.3. The fourth-order valence-electron chi connectivity index (χ4n) is 2.01. The van der Waals surface area contributed by atoms with Crippen LogP contribution in [0.1, 0.15) is 49.9 Å². The molecule has 0 saturated carbocycles. The molecule has 0 heterocycles. The molecule has 0 bridgehead atoms. The van der Waals surface area contributed by atoms with E-state index in [0.717, 1.165) is 31.5 Å². The Labute approximate surface area is 121 Å². The van der Waals surface area contributed by atoms with Crippen molar-refractivity contribution in [1.82, 2.24) is 5.32 Å². The Kier molecular flexibility index (Phi) is 7.73. The van der Waals surface area contributed by atoms with E-state index >= 15 is 0 Å². The van der Waals surface area contributed by atoms with E-state index in [1.54, 1.807) is 0 Å². The Bertz CT molecular complexity index is 407. The number of carbonyl (C=O) groups is 1. The van der Waals surface area contributed by atoms with Gasteiger partial charge in [0.2, 0.25) is 0 Å². The average Bonchev–Trinajstić information content (AvgIpc) is 2.46. The zero-order valence-electron chi connectivity index (χ0n) is 12.5. The summed E-state index contributed by atoms with van der Waals surface area (Å²) in [6.07, 6.45) is 3.70. The van der Waals surface area contributed by atoms with Crippen molar-refractivity contribution in [2.45, 2.75) is 45.6 Å². The lowest BCUT2D eigenvalue weighted by Crippen LogP contribution is -2.33. The van der Waals surface area contributed by atoms with Gasteiger partial charge in [-0.2, -0.15) is 0 Å². The van der Waals surface area contributed by atoms with Gasteiger partial charge in [-0.25, -0.2) is 0 Å². The first-order chi connectivity index (χ1) is 9.69. The van der Waals surface area contributed by atoms with Gasteiger partial charge in [0.05, 0.1) is 5.56 Å². The molecule has 0 aromatic heterocycles. The van der Waals surface area contributed by atoms with Crippen LogP contribution in [0.4, 0.5) is 5.69 Å². The van der Waals surface area contributed by atoms with E-state index in [0.29, 0.717) is 12.0 Å². The summed E-state index contributed by atoms with van der Waals surface area (Å²) in [6.45, 7) is 5.14. The van der Waals surface area contributed by atoms with Crippen molar-refractivity contribution in [3.05, 3.63) is 29.8 Å². The van der Waals surface area contributed by atoms with Gasteiger partial charge >= 0.3 is 0 Å². The number of benzene rings is 1. The molecule has 0 aliphatic rings. The van der Waals surface area contributed by atoms with Crippen LogP contribution in [0.25, 0.3) is 0 Å². The van der Waals surface area contributed by atoms with Gasteiger partial charge in [-0.05, 0) is 38.3 Å². The first-order valence-corrected chi connectivity index (χ1v) is 7.43. The number of hydrogen-bond acceptors (Lipinski definition) is 3. The van der Waals surface area contributed by atoms with Gasteiger partial charge in [0.25, 0.3) is 5.91 Å². The number of hydrogen-bond donors (Lipinski definition) is 3. The Morgan fingerprint density at radius 3 is 2.75 bits per heavy atom. The van der Waals surface area contributed by atoms with Crippen LogP contribution in [0.5, 0.6) is 0 Å². The molecule has 0 aliphatic heterocycles. The molecule has 1 amide bonds. The third kappa shape index (κ3) is 5.61. The number of unbranched alkanes of at least 4 members (excludes halogenated alkanes) is 1. The molecule has 20 heavy (non-hydrogen) atoms. The molecule has 1 rings (SSSR count). The summed E-state index contributed by atoms with van der Waals surface area (Å²) in [5, 5.41) is 15.1. The second-order valence-corrected chi connectivity index (χ2v) is 5.07. The van der Waals surface area contributed by atoms with Crippen molar-refractivity contribution in [3.8, 4) is 0 Å². The van der Waals surface area contributed by atoms with E-state index in [-0.39, 0.29) is 18.6 Å². The first kappa shape index (κ1) is 16.5.